The molecule has 0 saturated heterocycles. The number of fused-ring (bicyclic) bond motifs is 7. The summed E-state index contributed by atoms with van der Waals surface area (Å²) in [5.74, 6) is -1.22. The molecule has 7 aromatic rings. The topological polar surface area (TPSA) is 64.3 Å². The fourth-order valence-electron chi connectivity index (χ4n) is 8.36. The molecule has 0 unspecified atom stereocenters. The first-order valence-electron chi connectivity index (χ1n) is 18.0. The molecule has 2 heterocycles. The molecule has 262 valence electrons. The Bertz CT molecular complexity index is 2680. The molecule has 6 heteroatoms. The smallest absolute Gasteiger partial charge is 0.346 e. The molecule has 0 atom stereocenters. The van der Waals surface area contributed by atoms with Gasteiger partial charge in [-0.15, -0.1) is 22.7 Å². The predicted molar refractivity (Wildman–Crippen MR) is 226 cm³/mol. The lowest BCUT2D eigenvalue weighted by molar-refractivity contribution is -0.132. The van der Waals surface area contributed by atoms with E-state index < -0.39 is 5.97 Å². The van der Waals surface area contributed by atoms with Crippen LogP contribution < -0.4 is 4.90 Å². The first kappa shape index (κ1) is 33.8. The number of hydrogen-bond donors (Lipinski definition) is 1. The van der Waals surface area contributed by atoms with Crippen LogP contribution in [0.2, 0.25) is 0 Å². The minimum atomic E-state index is -1.22. The normalized spacial score (nSPS) is 14.8. The molecular formula is C48H36N2O2S2. The molecule has 0 bridgehead atoms. The first-order valence-corrected chi connectivity index (χ1v) is 19.6. The number of nitriles is 1. The Labute approximate surface area is 323 Å². The number of rotatable bonds is 7. The van der Waals surface area contributed by atoms with Crippen LogP contribution in [0.3, 0.4) is 0 Å². The number of anilines is 3. The highest BCUT2D eigenvalue weighted by molar-refractivity contribution is 7.20. The van der Waals surface area contributed by atoms with E-state index in [2.05, 4.69) is 148 Å². The zero-order valence-electron chi connectivity index (χ0n) is 30.3. The third-order valence-corrected chi connectivity index (χ3v) is 13.2. The highest BCUT2D eigenvalue weighted by Gasteiger charge is 2.37. The average Bonchev–Trinajstić information content (AvgIpc) is 3.91. The standard InChI is InChI=1S/C48H36N2O2S2/c1-47(2)41-11-7-5-9-37(41)39-21-15-31(25-43(39)47)50(32-16-22-40-38-10-6-8-12-42(38)48(3,4)44(40)26-32)33-14-13-29-23-36(54-45(29)27-33)20-18-34-17-19-35(53-34)24-30(28-49)46(51)52/h5-27H,1-4H3,(H,51,52)/b20-18+,30-24-. The molecule has 0 radical (unpaired) electrons. The summed E-state index contributed by atoms with van der Waals surface area (Å²) in [6.45, 7) is 9.34. The summed E-state index contributed by atoms with van der Waals surface area (Å²) in [7, 11) is 0. The van der Waals surface area contributed by atoms with E-state index in [9.17, 15) is 9.90 Å². The van der Waals surface area contributed by atoms with Crippen molar-refractivity contribution in [3.63, 3.8) is 0 Å². The summed E-state index contributed by atoms with van der Waals surface area (Å²) in [4.78, 5) is 16.5. The monoisotopic (exact) mass is 736 g/mol. The lowest BCUT2D eigenvalue weighted by atomic mass is 9.82. The number of carboxylic acids is 1. The lowest BCUT2D eigenvalue weighted by Crippen LogP contribution is -2.18. The van der Waals surface area contributed by atoms with E-state index in [0.29, 0.717) is 0 Å². The molecule has 1 N–H and O–H groups in total. The van der Waals surface area contributed by atoms with Gasteiger partial charge in [0.2, 0.25) is 0 Å². The van der Waals surface area contributed by atoms with Crippen molar-refractivity contribution in [3.8, 4) is 28.3 Å². The van der Waals surface area contributed by atoms with Gasteiger partial charge in [0.15, 0.2) is 0 Å². The van der Waals surface area contributed by atoms with Crippen LogP contribution in [0.25, 0.3) is 50.6 Å². The van der Waals surface area contributed by atoms with Gasteiger partial charge in [-0.05, 0) is 123 Å². The van der Waals surface area contributed by atoms with E-state index in [1.54, 1.807) is 17.4 Å². The average molecular weight is 737 g/mol. The SMILES string of the molecule is CC1(C)c2ccccc2-c2ccc(N(c3ccc4c(c3)C(C)(C)c3ccccc3-4)c3ccc4cc(/C=C/c5ccc(/C=C(/C#N)C(=O)O)s5)sc4c3)cc21. The molecule has 0 spiro atoms. The number of benzene rings is 5. The van der Waals surface area contributed by atoms with Crippen LogP contribution in [0, 0.1) is 11.3 Å². The minimum absolute atomic E-state index is 0.123. The first-order chi connectivity index (χ1) is 26.0. The third kappa shape index (κ3) is 5.43. The van der Waals surface area contributed by atoms with Gasteiger partial charge in [0.1, 0.15) is 11.6 Å². The van der Waals surface area contributed by atoms with Crippen LogP contribution >= 0.6 is 22.7 Å². The van der Waals surface area contributed by atoms with Crippen molar-refractivity contribution in [2.75, 3.05) is 4.90 Å². The van der Waals surface area contributed by atoms with Gasteiger partial charge < -0.3 is 10.0 Å². The summed E-state index contributed by atoms with van der Waals surface area (Å²) < 4.78 is 1.19. The van der Waals surface area contributed by atoms with Crippen molar-refractivity contribution >= 4 is 74.0 Å². The molecule has 2 aliphatic rings. The number of hydrogen-bond acceptors (Lipinski definition) is 5. The largest absolute Gasteiger partial charge is 0.477 e. The van der Waals surface area contributed by atoms with E-state index >= 15 is 0 Å². The van der Waals surface area contributed by atoms with Crippen molar-refractivity contribution in [3.05, 3.63) is 164 Å². The Kier molecular flexibility index (Phi) is 7.86. The van der Waals surface area contributed by atoms with Crippen molar-refractivity contribution in [2.45, 2.75) is 38.5 Å². The van der Waals surface area contributed by atoms with Gasteiger partial charge in [-0.3, -0.25) is 0 Å². The number of aliphatic carboxylic acids is 1. The van der Waals surface area contributed by atoms with E-state index in [-0.39, 0.29) is 16.4 Å². The number of thiophene rings is 2. The Balaban J connectivity index is 1.13. The highest BCUT2D eigenvalue weighted by atomic mass is 32.1. The van der Waals surface area contributed by atoms with Crippen LogP contribution in [0.1, 0.15) is 64.6 Å². The summed E-state index contributed by atoms with van der Waals surface area (Å²) in [6.07, 6.45) is 5.56. The fourth-order valence-corrected chi connectivity index (χ4v) is 10.2. The van der Waals surface area contributed by atoms with Crippen molar-refractivity contribution < 1.29 is 9.90 Å². The number of carboxylic acid groups (broad SMARTS) is 1. The van der Waals surface area contributed by atoms with Gasteiger partial charge in [-0.1, -0.05) is 94.4 Å². The summed E-state index contributed by atoms with van der Waals surface area (Å²) in [5, 5.41) is 19.5. The van der Waals surface area contributed by atoms with Gasteiger partial charge in [-0.25, -0.2) is 4.79 Å². The minimum Gasteiger partial charge on any atom is -0.477 e. The maximum absolute atomic E-state index is 11.3. The number of nitrogens with zero attached hydrogens (tertiary/aromatic N) is 2. The Morgan fingerprint density at radius 1 is 0.611 bits per heavy atom. The number of carbonyl (C=O) groups is 1. The fraction of sp³-hybridized carbons (Fsp3) is 0.125. The van der Waals surface area contributed by atoms with Crippen LogP contribution in [-0.4, -0.2) is 11.1 Å². The molecule has 54 heavy (non-hydrogen) atoms. The quantitative estimate of drug-likeness (QED) is 0.131. The van der Waals surface area contributed by atoms with Crippen molar-refractivity contribution in [1.29, 1.82) is 5.26 Å². The summed E-state index contributed by atoms with van der Waals surface area (Å²) in [5.41, 5.74) is 13.5. The molecule has 0 saturated carbocycles. The van der Waals surface area contributed by atoms with E-state index in [1.807, 2.05) is 18.2 Å². The molecule has 9 rings (SSSR count). The van der Waals surface area contributed by atoms with Gasteiger partial charge in [-0.2, -0.15) is 5.26 Å². The van der Waals surface area contributed by atoms with Crippen LogP contribution in [0.4, 0.5) is 17.1 Å². The molecule has 2 aromatic heterocycles. The summed E-state index contributed by atoms with van der Waals surface area (Å²) in [6, 6.07) is 46.0. The van der Waals surface area contributed by atoms with Crippen LogP contribution in [0.15, 0.2) is 127 Å². The predicted octanol–water partition coefficient (Wildman–Crippen LogP) is 13.2. The molecular weight excluding hydrogens is 701 g/mol. The van der Waals surface area contributed by atoms with E-state index in [1.165, 1.54) is 72.0 Å². The van der Waals surface area contributed by atoms with E-state index in [4.69, 9.17) is 5.26 Å². The molecule has 2 aliphatic carbocycles. The molecule has 5 aromatic carbocycles. The van der Waals surface area contributed by atoms with Crippen LogP contribution in [0.5, 0.6) is 0 Å². The second-order valence-electron chi connectivity index (χ2n) is 15.1. The van der Waals surface area contributed by atoms with Gasteiger partial charge in [0, 0.05) is 47.2 Å². The van der Waals surface area contributed by atoms with Gasteiger partial charge in [0.25, 0.3) is 0 Å². The maximum Gasteiger partial charge on any atom is 0.346 e. The maximum atomic E-state index is 11.3. The Hall–Kier alpha value is -6.00. The van der Waals surface area contributed by atoms with E-state index in [0.717, 1.165) is 31.7 Å². The molecule has 0 amide bonds. The van der Waals surface area contributed by atoms with Gasteiger partial charge in [0.05, 0.1) is 0 Å². The molecule has 0 aliphatic heterocycles. The second-order valence-corrected chi connectivity index (χ2v) is 17.3. The third-order valence-electron chi connectivity index (χ3n) is 11.1. The zero-order valence-corrected chi connectivity index (χ0v) is 32.0. The van der Waals surface area contributed by atoms with Gasteiger partial charge >= 0.3 is 5.97 Å². The second kappa shape index (κ2) is 12.6. The highest BCUT2D eigenvalue weighted by Crippen LogP contribution is 2.53. The zero-order chi connectivity index (χ0) is 37.4. The Morgan fingerprint density at radius 2 is 1.13 bits per heavy atom. The summed E-state index contributed by atoms with van der Waals surface area (Å²) >= 11 is 3.20. The lowest BCUT2D eigenvalue weighted by Gasteiger charge is -2.29. The molecule has 0 fully saturated rings. The Morgan fingerprint density at radius 3 is 1.72 bits per heavy atom. The van der Waals surface area contributed by atoms with Crippen molar-refractivity contribution in [2.24, 2.45) is 0 Å². The molecule has 4 nitrogen and oxygen atoms in total. The van der Waals surface area contributed by atoms with Crippen LogP contribution in [-0.2, 0) is 15.6 Å². The van der Waals surface area contributed by atoms with Crippen molar-refractivity contribution in [1.82, 2.24) is 0 Å².